The Balaban J connectivity index is 1.57. The quantitative estimate of drug-likeness (QED) is 0.854. The fraction of sp³-hybridized carbons (Fsp3) is 0.600. The molecule has 7 nitrogen and oxygen atoms in total. The van der Waals surface area contributed by atoms with Gasteiger partial charge >= 0.3 is 6.09 Å². The van der Waals surface area contributed by atoms with E-state index < -0.39 is 11.4 Å². The van der Waals surface area contributed by atoms with Gasteiger partial charge in [0.05, 0.1) is 18.3 Å². The van der Waals surface area contributed by atoms with E-state index in [4.69, 9.17) is 9.47 Å². The molecule has 2 amide bonds. The number of amides is 2. The Kier molecular flexibility index (Phi) is 6.07. The van der Waals surface area contributed by atoms with E-state index in [1.807, 2.05) is 25.7 Å². The van der Waals surface area contributed by atoms with E-state index in [0.29, 0.717) is 50.6 Å². The van der Waals surface area contributed by atoms with Crippen molar-refractivity contribution in [3.8, 4) is 0 Å². The number of carbonyl (C=O) groups is 2. The molecule has 2 fully saturated rings. The van der Waals surface area contributed by atoms with Gasteiger partial charge in [-0.3, -0.25) is 4.79 Å². The number of benzene rings is 1. The predicted molar refractivity (Wildman–Crippen MR) is 103 cm³/mol. The van der Waals surface area contributed by atoms with Crippen LogP contribution in [0.15, 0.2) is 18.2 Å². The van der Waals surface area contributed by atoms with Crippen LogP contribution in [0.25, 0.3) is 0 Å². The Morgan fingerprint density at radius 2 is 1.93 bits per heavy atom. The zero-order valence-corrected chi connectivity index (χ0v) is 16.7. The monoisotopic (exact) mass is 393 g/mol. The molecule has 2 heterocycles. The molecule has 1 atom stereocenters. The number of halogens is 1. The summed E-state index contributed by atoms with van der Waals surface area (Å²) in [5, 5.41) is 2.86. The molecule has 0 bridgehead atoms. The van der Waals surface area contributed by atoms with Crippen molar-refractivity contribution in [3.05, 3.63) is 29.6 Å². The molecule has 0 saturated carbocycles. The second kappa shape index (κ2) is 8.34. The highest BCUT2D eigenvalue weighted by Crippen LogP contribution is 2.23. The minimum absolute atomic E-state index is 0.0174. The molecule has 28 heavy (non-hydrogen) atoms. The van der Waals surface area contributed by atoms with Crippen molar-refractivity contribution in [1.82, 2.24) is 10.2 Å². The third-order valence-electron chi connectivity index (χ3n) is 4.75. The van der Waals surface area contributed by atoms with Crippen molar-refractivity contribution in [3.63, 3.8) is 0 Å². The van der Waals surface area contributed by atoms with Crippen LogP contribution in [0.1, 0.15) is 37.6 Å². The molecule has 2 aliphatic rings. The molecule has 0 spiro atoms. The van der Waals surface area contributed by atoms with Crippen LogP contribution in [0.2, 0.25) is 0 Å². The van der Waals surface area contributed by atoms with Crippen LogP contribution < -0.4 is 10.2 Å². The molecule has 1 aromatic carbocycles. The number of nitrogens with one attached hydrogen (secondary N) is 1. The first kappa shape index (κ1) is 20.4. The molecule has 2 saturated heterocycles. The first-order chi connectivity index (χ1) is 13.2. The molecular weight excluding hydrogens is 365 g/mol. The topological polar surface area (TPSA) is 71.1 Å². The number of carbonyl (C=O) groups excluding carboxylic acids is 2. The van der Waals surface area contributed by atoms with Crippen molar-refractivity contribution >= 4 is 17.7 Å². The smallest absolute Gasteiger partial charge is 0.410 e. The maximum Gasteiger partial charge on any atom is 0.410 e. The summed E-state index contributed by atoms with van der Waals surface area (Å²) in [4.78, 5) is 27.9. The number of hydrogen-bond acceptors (Lipinski definition) is 5. The minimum Gasteiger partial charge on any atom is -0.444 e. The largest absolute Gasteiger partial charge is 0.444 e. The molecule has 1 N–H and O–H groups in total. The number of hydrogen-bond donors (Lipinski definition) is 1. The third kappa shape index (κ3) is 5.13. The van der Waals surface area contributed by atoms with Crippen molar-refractivity contribution in [2.24, 2.45) is 0 Å². The first-order valence-corrected chi connectivity index (χ1v) is 9.64. The van der Waals surface area contributed by atoms with Crippen LogP contribution in [-0.2, 0) is 9.47 Å². The molecule has 154 valence electrons. The van der Waals surface area contributed by atoms with E-state index in [0.717, 1.165) is 6.42 Å². The SMILES string of the molecule is CC(C)(C)OC(=O)N1CCN(c2ccc(C(=O)N[C@H]3CCOC3)cc2F)CC1. The summed E-state index contributed by atoms with van der Waals surface area (Å²) in [6.07, 6.45) is 0.421. The second-order valence-corrected chi connectivity index (χ2v) is 8.15. The lowest BCUT2D eigenvalue weighted by molar-refractivity contribution is 0.0240. The van der Waals surface area contributed by atoms with Crippen LogP contribution in [0.5, 0.6) is 0 Å². The Morgan fingerprint density at radius 1 is 1.21 bits per heavy atom. The van der Waals surface area contributed by atoms with Gasteiger partial charge in [0.25, 0.3) is 5.91 Å². The summed E-state index contributed by atoms with van der Waals surface area (Å²) < 4.78 is 25.3. The Hall–Kier alpha value is -2.35. The standard InChI is InChI=1S/C20H28FN3O4/c1-20(2,3)28-19(26)24-9-7-23(8-10-24)17-5-4-14(12-16(17)21)18(25)22-15-6-11-27-13-15/h4-5,12,15H,6-11,13H2,1-3H3,(H,22,25)/t15-/m0/s1. The van der Waals surface area contributed by atoms with Crippen molar-refractivity contribution in [1.29, 1.82) is 0 Å². The Morgan fingerprint density at radius 3 is 2.50 bits per heavy atom. The summed E-state index contributed by atoms with van der Waals surface area (Å²) in [6.45, 7) is 8.52. The van der Waals surface area contributed by atoms with Gasteiger partial charge in [0.2, 0.25) is 0 Å². The van der Waals surface area contributed by atoms with E-state index in [2.05, 4.69) is 5.32 Å². The molecule has 0 unspecified atom stereocenters. The van der Waals surface area contributed by atoms with E-state index in [-0.39, 0.29) is 18.0 Å². The lowest BCUT2D eigenvalue weighted by Crippen LogP contribution is -2.50. The van der Waals surface area contributed by atoms with E-state index in [9.17, 15) is 14.0 Å². The fourth-order valence-electron chi connectivity index (χ4n) is 3.28. The first-order valence-electron chi connectivity index (χ1n) is 9.64. The van der Waals surface area contributed by atoms with Gasteiger partial charge < -0.3 is 24.6 Å². The average Bonchev–Trinajstić information content (AvgIpc) is 3.13. The lowest BCUT2D eigenvalue weighted by atomic mass is 10.1. The highest BCUT2D eigenvalue weighted by molar-refractivity contribution is 5.94. The van der Waals surface area contributed by atoms with Crippen molar-refractivity contribution in [2.45, 2.75) is 38.8 Å². The second-order valence-electron chi connectivity index (χ2n) is 8.15. The Labute approximate surface area is 164 Å². The molecule has 8 heteroatoms. The van der Waals surface area contributed by atoms with Crippen molar-refractivity contribution in [2.75, 3.05) is 44.3 Å². The summed E-state index contributed by atoms with van der Waals surface area (Å²) in [5.41, 5.74) is 0.187. The van der Waals surface area contributed by atoms with Gasteiger partial charge in [-0.1, -0.05) is 0 Å². The highest BCUT2D eigenvalue weighted by Gasteiger charge is 2.27. The normalized spacial score (nSPS) is 20.2. The van der Waals surface area contributed by atoms with Gasteiger partial charge in [-0.05, 0) is 45.4 Å². The third-order valence-corrected chi connectivity index (χ3v) is 4.75. The van der Waals surface area contributed by atoms with Crippen LogP contribution >= 0.6 is 0 Å². The number of anilines is 1. The fourth-order valence-corrected chi connectivity index (χ4v) is 3.28. The predicted octanol–water partition coefficient (Wildman–Crippen LogP) is 2.40. The van der Waals surface area contributed by atoms with Gasteiger partial charge in [0, 0.05) is 38.3 Å². The van der Waals surface area contributed by atoms with Gasteiger partial charge in [0.1, 0.15) is 11.4 Å². The van der Waals surface area contributed by atoms with Crippen molar-refractivity contribution < 1.29 is 23.5 Å². The molecule has 3 rings (SSSR count). The minimum atomic E-state index is -0.540. The molecule has 1 aromatic rings. The van der Waals surface area contributed by atoms with E-state index in [1.54, 1.807) is 17.0 Å². The van der Waals surface area contributed by atoms with Gasteiger partial charge in [-0.15, -0.1) is 0 Å². The summed E-state index contributed by atoms with van der Waals surface area (Å²) in [5.74, 6) is -0.739. The number of ether oxygens (including phenoxy) is 2. The highest BCUT2D eigenvalue weighted by atomic mass is 19.1. The van der Waals surface area contributed by atoms with Crippen LogP contribution in [0.4, 0.5) is 14.9 Å². The summed E-state index contributed by atoms with van der Waals surface area (Å²) in [7, 11) is 0. The average molecular weight is 393 g/mol. The summed E-state index contributed by atoms with van der Waals surface area (Å²) in [6, 6.07) is 4.50. The van der Waals surface area contributed by atoms with Gasteiger partial charge in [-0.2, -0.15) is 0 Å². The number of rotatable bonds is 3. The van der Waals surface area contributed by atoms with Gasteiger partial charge in [0.15, 0.2) is 0 Å². The lowest BCUT2D eigenvalue weighted by Gasteiger charge is -2.36. The number of nitrogens with zero attached hydrogens (tertiary/aromatic N) is 2. The van der Waals surface area contributed by atoms with Crippen LogP contribution in [0.3, 0.4) is 0 Å². The molecule has 0 aromatic heterocycles. The van der Waals surface area contributed by atoms with Crippen LogP contribution in [-0.4, -0.2) is 67.9 Å². The molecule has 0 radical (unpaired) electrons. The zero-order chi connectivity index (χ0) is 20.3. The Bertz CT molecular complexity index is 721. The van der Waals surface area contributed by atoms with E-state index >= 15 is 0 Å². The molecular formula is C20H28FN3O4. The molecule has 2 aliphatic heterocycles. The molecule has 0 aliphatic carbocycles. The van der Waals surface area contributed by atoms with Gasteiger partial charge in [-0.25, -0.2) is 9.18 Å². The maximum absolute atomic E-state index is 14.6. The van der Waals surface area contributed by atoms with E-state index in [1.165, 1.54) is 6.07 Å². The maximum atomic E-state index is 14.6. The number of piperazine rings is 1. The zero-order valence-electron chi connectivity index (χ0n) is 16.7. The van der Waals surface area contributed by atoms with Crippen LogP contribution in [0, 0.1) is 5.82 Å². The summed E-state index contributed by atoms with van der Waals surface area (Å²) >= 11 is 0.